The summed E-state index contributed by atoms with van der Waals surface area (Å²) >= 11 is 0. The fourth-order valence-electron chi connectivity index (χ4n) is 10.00. The van der Waals surface area contributed by atoms with Crippen LogP contribution in [0, 0.1) is 0 Å². The Bertz CT molecular complexity index is 3800. The predicted octanol–water partition coefficient (Wildman–Crippen LogP) is 16.1. The second-order valence-corrected chi connectivity index (χ2v) is 16.1. The Hall–Kier alpha value is -8.34. The number of fused-ring (bicyclic) bond motifs is 10. The van der Waals surface area contributed by atoms with Gasteiger partial charge < -0.3 is 18.5 Å². The van der Waals surface area contributed by atoms with E-state index < -0.39 is 0 Å². The topological polar surface area (TPSA) is 26.2 Å². The smallest absolute Gasteiger partial charge is 0.143 e. The van der Waals surface area contributed by atoms with Gasteiger partial charge in [0.15, 0.2) is 0 Å². The number of benzene rings is 10. The first kappa shape index (κ1) is 34.5. The quantitative estimate of drug-likeness (QED) is 0.168. The Balaban J connectivity index is 1.10. The minimum Gasteiger partial charge on any atom is -0.455 e. The summed E-state index contributed by atoms with van der Waals surface area (Å²) in [5.41, 5.74) is 13.8. The van der Waals surface area contributed by atoms with E-state index in [9.17, 15) is 0 Å². The van der Waals surface area contributed by atoms with Crippen molar-refractivity contribution in [1.82, 2.24) is 9.13 Å². The van der Waals surface area contributed by atoms with Crippen LogP contribution in [0.3, 0.4) is 0 Å². The molecule has 4 nitrogen and oxygen atoms in total. The van der Waals surface area contributed by atoms with Crippen LogP contribution in [-0.2, 0) is 0 Å². The number of nitrogens with zero attached hydrogens (tertiary/aromatic N) is 3. The van der Waals surface area contributed by atoms with E-state index in [2.05, 4.69) is 238 Å². The van der Waals surface area contributed by atoms with Crippen molar-refractivity contribution in [2.24, 2.45) is 0 Å². The van der Waals surface area contributed by atoms with Crippen LogP contribution in [-0.4, -0.2) is 9.13 Å². The lowest BCUT2D eigenvalue weighted by Gasteiger charge is -2.30. The van der Waals surface area contributed by atoms with Gasteiger partial charge in [-0.25, -0.2) is 0 Å². The minimum atomic E-state index is 0.875. The standard InChI is InChI=1S/C58H37N3O/c1-2-18-39-36-57-49(35-38(39)17-1)48-27-16-26-47(58(48)62-57)46-25-7-10-30-52(46)60(41-20-15-19-40(37-41)59-50-28-8-3-21-42(50)43-22-4-9-29-51(43)59)55-33-13-14-34-56(55)61-53-31-11-5-23-44(53)45-24-6-12-32-54(45)61/h1-37H. The second kappa shape index (κ2) is 13.6. The van der Waals surface area contributed by atoms with E-state index in [1.807, 2.05) is 0 Å². The molecular weight excluding hydrogens is 755 g/mol. The molecule has 62 heavy (non-hydrogen) atoms. The third-order valence-electron chi connectivity index (χ3n) is 12.7. The lowest BCUT2D eigenvalue weighted by atomic mass is 9.98. The van der Waals surface area contributed by atoms with Crippen molar-refractivity contribution in [3.05, 3.63) is 224 Å². The second-order valence-electron chi connectivity index (χ2n) is 16.1. The molecule has 0 amide bonds. The summed E-state index contributed by atoms with van der Waals surface area (Å²) in [7, 11) is 0. The highest BCUT2D eigenvalue weighted by molar-refractivity contribution is 6.15. The van der Waals surface area contributed by atoms with Crippen molar-refractivity contribution >= 4 is 93.4 Å². The molecule has 4 heteroatoms. The summed E-state index contributed by atoms with van der Waals surface area (Å²) in [6, 6.07) is 81.0. The normalized spacial score (nSPS) is 11.9. The van der Waals surface area contributed by atoms with Crippen LogP contribution >= 0.6 is 0 Å². The lowest BCUT2D eigenvalue weighted by molar-refractivity contribution is 0.670. The first-order chi connectivity index (χ1) is 30.8. The molecule has 0 fully saturated rings. The first-order valence-corrected chi connectivity index (χ1v) is 21.2. The lowest BCUT2D eigenvalue weighted by Crippen LogP contribution is -2.14. The highest BCUT2D eigenvalue weighted by Gasteiger charge is 2.25. The summed E-state index contributed by atoms with van der Waals surface area (Å²) in [4.78, 5) is 2.45. The Morgan fingerprint density at radius 2 is 0.839 bits per heavy atom. The zero-order chi connectivity index (χ0) is 40.7. The summed E-state index contributed by atoms with van der Waals surface area (Å²) in [6.45, 7) is 0. The van der Waals surface area contributed by atoms with E-state index in [1.165, 1.54) is 38.0 Å². The van der Waals surface area contributed by atoms with Gasteiger partial charge in [-0.2, -0.15) is 0 Å². The van der Waals surface area contributed by atoms with E-state index in [0.29, 0.717) is 0 Å². The van der Waals surface area contributed by atoms with Crippen LogP contribution in [0.1, 0.15) is 0 Å². The molecule has 0 saturated heterocycles. The van der Waals surface area contributed by atoms with Gasteiger partial charge in [-0.1, -0.05) is 152 Å². The minimum absolute atomic E-state index is 0.875. The number of aromatic nitrogens is 2. The summed E-state index contributed by atoms with van der Waals surface area (Å²) in [6.07, 6.45) is 0. The zero-order valence-corrected chi connectivity index (χ0v) is 33.6. The van der Waals surface area contributed by atoms with Crippen LogP contribution in [0.2, 0.25) is 0 Å². The predicted molar refractivity (Wildman–Crippen MR) is 260 cm³/mol. The van der Waals surface area contributed by atoms with Gasteiger partial charge in [0.2, 0.25) is 0 Å². The molecule has 10 aromatic carbocycles. The SMILES string of the molecule is c1cc(N(c2ccccc2-c2cccc3c2oc2cc4ccccc4cc23)c2ccccc2-n2c3ccccc3c3ccccc32)cc(-n2c3ccccc3c3ccccc32)c1. The van der Waals surface area contributed by atoms with Crippen LogP contribution < -0.4 is 4.90 Å². The van der Waals surface area contributed by atoms with Crippen molar-refractivity contribution in [3.63, 3.8) is 0 Å². The van der Waals surface area contributed by atoms with Crippen molar-refractivity contribution in [3.8, 4) is 22.5 Å². The average molecular weight is 792 g/mol. The van der Waals surface area contributed by atoms with Crippen LogP contribution in [0.25, 0.3) is 98.8 Å². The molecule has 0 aliphatic carbocycles. The van der Waals surface area contributed by atoms with Crippen molar-refractivity contribution in [1.29, 1.82) is 0 Å². The summed E-state index contributed by atoms with van der Waals surface area (Å²) < 4.78 is 11.7. The number of hydrogen-bond acceptors (Lipinski definition) is 2. The maximum absolute atomic E-state index is 6.90. The largest absolute Gasteiger partial charge is 0.455 e. The molecule has 290 valence electrons. The monoisotopic (exact) mass is 791 g/mol. The highest BCUT2D eigenvalue weighted by Crippen LogP contribution is 2.47. The Morgan fingerprint density at radius 1 is 0.339 bits per heavy atom. The molecular formula is C58H37N3O. The van der Waals surface area contributed by atoms with Crippen molar-refractivity contribution in [2.75, 3.05) is 4.90 Å². The van der Waals surface area contributed by atoms with Gasteiger partial charge in [-0.3, -0.25) is 0 Å². The molecule has 3 heterocycles. The van der Waals surface area contributed by atoms with E-state index >= 15 is 0 Å². The number of rotatable bonds is 6. The molecule has 0 radical (unpaired) electrons. The van der Waals surface area contributed by atoms with Gasteiger partial charge in [-0.15, -0.1) is 0 Å². The number of para-hydroxylation sites is 8. The zero-order valence-electron chi connectivity index (χ0n) is 33.6. The maximum atomic E-state index is 6.90. The molecule has 13 aromatic rings. The van der Waals surface area contributed by atoms with Crippen LogP contribution in [0.4, 0.5) is 17.1 Å². The van der Waals surface area contributed by atoms with E-state index in [0.717, 1.165) is 77.9 Å². The molecule has 0 aliphatic heterocycles. The van der Waals surface area contributed by atoms with Crippen LogP contribution in [0.15, 0.2) is 229 Å². The Kier molecular flexibility index (Phi) is 7.57. The van der Waals surface area contributed by atoms with Gasteiger partial charge in [0, 0.05) is 54.8 Å². The van der Waals surface area contributed by atoms with Gasteiger partial charge in [-0.05, 0) is 83.6 Å². The molecule has 13 rings (SSSR count). The Morgan fingerprint density at radius 3 is 1.52 bits per heavy atom. The average Bonchev–Trinajstić information content (AvgIpc) is 3.99. The Labute approximate surface area is 357 Å². The van der Waals surface area contributed by atoms with Crippen molar-refractivity contribution < 1.29 is 4.42 Å². The van der Waals surface area contributed by atoms with E-state index in [-0.39, 0.29) is 0 Å². The number of anilines is 3. The van der Waals surface area contributed by atoms with E-state index in [4.69, 9.17) is 4.42 Å². The third kappa shape index (κ3) is 5.14. The van der Waals surface area contributed by atoms with Gasteiger partial charge in [0.25, 0.3) is 0 Å². The third-order valence-corrected chi connectivity index (χ3v) is 12.7. The maximum Gasteiger partial charge on any atom is 0.143 e. The number of hydrogen-bond donors (Lipinski definition) is 0. The molecule has 0 spiro atoms. The molecule has 0 atom stereocenters. The first-order valence-electron chi connectivity index (χ1n) is 21.2. The van der Waals surface area contributed by atoms with E-state index in [1.54, 1.807) is 0 Å². The highest BCUT2D eigenvalue weighted by atomic mass is 16.3. The summed E-state index contributed by atoms with van der Waals surface area (Å²) in [5, 5.41) is 9.50. The molecule has 0 saturated carbocycles. The fourth-order valence-corrected chi connectivity index (χ4v) is 10.00. The van der Waals surface area contributed by atoms with Crippen molar-refractivity contribution in [2.45, 2.75) is 0 Å². The fraction of sp³-hybridized carbons (Fsp3) is 0. The molecule has 3 aromatic heterocycles. The molecule has 0 aliphatic rings. The van der Waals surface area contributed by atoms with Gasteiger partial charge in [0.1, 0.15) is 11.2 Å². The van der Waals surface area contributed by atoms with Gasteiger partial charge in [0.05, 0.1) is 39.1 Å². The molecule has 0 unspecified atom stereocenters. The molecule has 0 bridgehead atoms. The van der Waals surface area contributed by atoms with Crippen LogP contribution in [0.5, 0.6) is 0 Å². The number of furan rings is 1. The summed E-state index contributed by atoms with van der Waals surface area (Å²) in [5.74, 6) is 0. The van der Waals surface area contributed by atoms with Gasteiger partial charge >= 0.3 is 0 Å². The molecule has 0 N–H and O–H groups in total.